The van der Waals surface area contributed by atoms with E-state index in [9.17, 15) is 8.78 Å². The minimum absolute atomic E-state index is 0.206. The highest BCUT2D eigenvalue weighted by atomic mass is 19.1. The number of hydrogen-bond donors (Lipinski definition) is 2. The van der Waals surface area contributed by atoms with Gasteiger partial charge in [-0.1, -0.05) is 24.3 Å². The normalized spacial score (nSPS) is 15.4. The van der Waals surface area contributed by atoms with E-state index >= 15 is 9.59 Å². The number of hydrogen-bond acceptors (Lipinski definition) is 6. The number of ether oxygens (including phenoxy) is 2. The Kier molecular flexibility index (Phi) is 12.7. The summed E-state index contributed by atoms with van der Waals surface area (Å²) < 4.78 is 39.8. The van der Waals surface area contributed by atoms with E-state index in [2.05, 4.69) is 19.8 Å². The molecule has 8 rings (SSSR count). The molecule has 0 aliphatic carbocycles. The molecule has 0 atom stereocenters. The lowest BCUT2D eigenvalue weighted by molar-refractivity contribution is 0.0356. The van der Waals surface area contributed by atoms with Crippen LogP contribution in [0, 0.1) is 11.6 Å². The first-order valence-electron chi connectivity index (χ1n) is 20.6. The van der Waals surface area contributed by atoms with E-state index < -0.39 is 0 Å². The number of fused-ring (bicyclic) bond motifs is 3. The smallest absolute Gasteiger partial charge is 0.254 e. The van der Waals surface area contributed by atoms with Crippen LogP contribution >= 0.6 is 0 Å². The molecule has 0 radical (unpaired) electrons. The van der Waals surface area contributed by atoms with Crippen LogP contribution in [-0.2, 0) is 22.3 Å². The number of rotatable bonds is 16. The lowest BCUT2D eigenvalue weighted by Gasteiger charge is -2.30. The average molecular weight is 791 g/mol. The van der Waals surface area contributed by atoms with Crippen molar-refractivity contribution < 1.29 is 27.8 Å². The summed E-state index contributed by atoms with van der Waals surface area (Å²) in [6, 6.07) is 21.0. The Bertz CT molecular complexity index is 2180. The van der Waals surface area contributed by atoms with Gasteiger partial charge in [0.2, 0.25) is 0 Å². The summed E-state index contributed by atoms with van der Waals surface area (Å²) in [5, 5.41) is 3.35. The molecule has 58 heavy (non-hydrogen) atoms. The number of benzene rings is 4. The van der Waals surface area contributed by atoms with Crippen LogP contribution in [0.1, 0.15) is 44.7 Å². The van der Waals surface area contributed by atoms with E-state index in [1.54, 1.807) is 12.1 Å². The molecule has 2 N–H and O–H groups in total. The largest absolute Gasteiger partial charge is 0.379 e. The van der Waals surface area contributed by atoms with Crippen molar-refractivity contribution in [2.24, 2.45) is 0 Å². The fraction of sp³-hybridized carbons (Fsp3) is 0.391. The molecule has 10 nitrogen and oxygen atoms in total. The van der Waals surface area contributed by atoms with Crippen LogP contribution in [0.15, 0.2) is 85.2 Å². The Morgan fingerprint density at radius 3 is 1.45 bits per heavy atom. The van der Waals surface area contributed by atoms with Crippen LogP contribution in [0.4, 0.5) is 8.78 Å². The van der Waals surface area contributed by atoms with Gasteiger partial charge in [0.1, 0.15) is 11.6 Å². The number of carbonyl (C=O) groups is 2. The van der Waals surface area contributed by atoms with Gasteiger partial charge >= 0.3 is 0 Å². The summed E-state index contributed by atoms with van der Waals surface area (Å²) in [7, 11) is 0. The lowest BCUT2D eigenvalue weighted by atomic mass is 9.98. The van der Waals surface area contributed by atoms with Gasteiger partial charge in [0.05, 0.1) is 37.6 Å². The molecule has 2 aliphatic heterocycles. The number of morpholine rings is 2. The third-order valence-corrected chi connectivity index (χ3v) is 11.7. The average Bonchev–Trinajstić information content (AvgIpc) is 3.85. The summed E-state index contributed by atoms with van der Waals surface area (Å²) in [5.74, 6) is -1.03. The van der Waals surface area contributed by atoms with Gasteiger partial charge in [-0.15, -0.1) is 0 Å². The van der Waals surface area contributed by atoms with Crippen molar-refractivity contribution in [3.8, 4) is 0 Å². The van der Waals surface area contributed by atoms with Gasteiger partial charge in [-0.3, -0.25) is 19.4 Å². The van der Waals surface area contributed by atoms with Crippen molar-refractivity contribution in [2.75, 3.05) is 91.9 Å². The molecule has 2 aliphatic rings. The third kappa shape index (κ3) is 9.42. The number of aromatic amines is 2. The molecule has 0 unspecified atom stereocenters. The first kappa shape index (κ1) is 39.7. The predicted molar refractivity (Wildman–Crippen MR) is 223 cm³/mol. The quantitative estimate of drug-likeness (QED) is 0.111. The summed E-state index contributed by atoms with van der Waals surface area (Å²) in [5.41, 5.74) is 4.28. The van der Waals surface area contributed by atoms with Crippen molar-refractivity contribution in [2.45, 2.75) is 25.7 Å². The number of aromatic nitrogens is 2. The van der Waals surface area contributed by atoms with Crippen LogP contribution in [-0.4, -0.2) is 133 Å². The van der Waals surface area contributed by atoms with E-state index in [0.29, 0.717) is 76.6 Å². The zero-order valence-electron chi connectivity index (χ0n) is 33.0. The van der Waals surface area contributed by atoms with Crippen LogP contribution < -0.4 is 0 Å². The van der Waals surface area contributed by atoms with Crippen LogP contribution in [0.3, 0.4) is 0 Å². The van der Waals surface area contributed by atoms with Gasteiger partial charge < -0.3 is 29.2 Å². The highest BCUT2D eigenvalue weighted by Crippen LogP contribution is 2.26. The van der Waals surface area contributed by atoms with E-state index in [0.717, 1.165) is 95.8 Å². The molecule has 304 valence electrons. The molecule has 0 bridgehead atoms. The number of halogens is 2. The summed E-state index contributed by atoms with van der Waals surface area (Å²) in [4.78, 5) is 45.0. The monoisotopic (exact) mass is 790 g/mol. The highest BCUT2D eigenvalue weighted by molar-refractivity contribution is 6.10. The Morgan fingerprint density at radius 2 is 1.02 bits per heavy atom. The molecule has 6 aromatic rings. The van der Waals surface area contributed by atoms with Gasteiger partial charge in [0, 0.05) is 99.6 Å². The van der Waals surface area contributed by atoms with Gasteiger partial charge in [-0.25, -0.2) is 8.78 Å². The highest BCUT2D eigenvalue weighted by Gasteiger charge is 2.27. The van der Waals surface area contributed by atoms with Gasteiger partial charge in [-0.05, 0) is 96.1 Å². The van der Waals surface area contributed by atoms with Gasteiger partial charge in [-0.2, -0.15) is 0 Å². The minimum atomic E-state index is -0.308. The fourth-order valence-electron chi connectivity index (χ4n) is 8.41. The topological polar surface area (TPSA) is 97.1 Å². The number of nitrogens with one attached hydrogen (secondary N) is 2. The number of carbonyl (C=O) groups excluding carboxylic acids is 2. The molecule has 4 heterocycles. The molecular formula is C46H52F2N6O4. The molecular weight excluding hydrogens is 739 g/mol. The molecule has 2 fully saturated rings. The van der Waals surface area contributed by atoms with E-state index in [4.69, 9.17) is 9.47 Å². The van der Waals surface area contributed by atoms with Crippen molar-refractivity contribution >= 4 is 44.4 Å². The second-order valence-corrected chi connectivity index (χ2v) is 15.5. The number of H-pyrrole nitrogens is 2. The first-order valence-corrected chi connectivity index (χ1v) is 20.6. The van der Waals surface area contributed by atoms with Crippen LogP contribution in [0.25, 0.3) is 32.6 Å². The van der Waals surface area contributed by atoms with Crippen molar-refractivity contribution in [3.05, 3.63) is 119 Å². The summed E-state index contributed by atoms with van der Waals surface area (Å²) >= 11 is 0. The third-order valence-electron chi connectivity index (χ3n) is 11.7. The Labute approximate surface area is 337 Å². The summed E-state index contributed by atoms with van der Waals surface area (Å²) in [6.07, 6.45) is 6.32. The van der Waals surface area contributed by atoms with Gasteiger partial charge in [0.25, 0.3) is 11.8 Å². The maximum atomic E-state index is 15.0. The second kappa shape index (κ2) is 18.6. The van der Waals surface area contributed by atoms with Crippen molar-refractivity contribution in [3.63, 3.8) is 0 Å². The van der Waals surface area contributed by atoms with Crippen molar-refractivity contribution in [1.29, 1.82) is 0 Å². The Morgan fingerprint density at radius 1 is 0.586 bits per heavy atom. The zero-order chi connectivity index (χ0) is 39.8. The van der Waals surface area contributed by atoms with Crippen LogP contribution in [0.5, 0.6) is 0 Å². The standard InChI is InChI=1S/C46H52F2N6O4/c47-37-7-9-43-39(29-37)35(31-49-43)11-17-53(15-3-13-51-19-23-57-24-20-51)45(55)41-27-33-5-1-2-6-34(33)28-42(41)46(56)54(16-4-14-52-21-25-58-26-22-52)18-12-36-32-50-44-10-8-38(48)30-40(36)44/h1-2,5-10,27-32,49-50H,3-4,11-26H2. The SMILES string of the molecule is O=C(c1cc2ccccc2cc1C(=O)N(CCCN1CCOCC1)CCc1c[nH]c2ccc(F)cc12)N(CCCN1CCOCC1)CCc1c[nH]c2ccc(F)cc12. The van der Waals surface area contributed by atoms with Gasteiger partial charge in [0.15, 0.2) is 0 Å². The maximum Gasteiger partial charge on any atom is 0.254 e. The molecule has 12 heteroatoms. The zero-order valence-corrected chi connectivity index (χ0v) is 33.0. The minimum Gasteiger partial charge on any atom is -0.379 e. The van der Waals surface area contributed by atoms with Crippen molar-refractivity contribution in [1.82, 2.24) is 29.6 Å². The van der Waals surface area contributed by atoms with E-state index in [1.807, 2.05) is 58.6 Å². The second-order valence-electron chi connectivity index (χ2n) is 15.5. The maximum absolute atomic E-state index is 15.0. The number of nitrogens with zero attached hydrogens (tertiary/aromatic N) is 4. The lowest BCUT2D eigenvalue weighted by Crippen LogP contribution is -2.41. The molecule has 2 saturated heterocycles. The molecule has 4 aromatic carbocycles. The Hall–Kier alpha value is -5.14. The van der Waals surface area contributed by atoms with E-state index in [1.165, 1.54) is 24.3 Å². The Balaban J connectivity index is 1.09. The molecule has 0 saturated carbocycles. The molecule has 2 aromatic heterocycles. The fourth-order valence-corrected chi connectivity index (χ4v) is 8.41. The first-order chi connectivity index (χ1) is 28.4. The van der Waals surface area contributed by atoms with Crippen LogP contribution in [0.2, 0.25) is 0 Å². The predicted octanol–water partition coefficient (Wildman–Crippen LogP) is 6.90. The molecule has 2 amide bonds. The molecule has 0 spiro atoms. The summed E-state index contributed by atoms with van der Waals surface area (Å²) in [6.45, 7) is 9.63. The number of amides is 2. The van der Waals surface area contributed by atoms with E-state index in [-0.39, 0.29) is 23.4 Å².